The standard InChI is InChI=1S/C15H15F2NO4/c1-3-22-15(21)10-6-18(8(2)7-19)13-9(14(10)20)4-5-11(16)12(13)17/h4-6,8,19H,3,7H2,1-2H3. The molecule has 0 spiro atoms. The maximum absolute atomic E-state index is 14.1. The highest BCUT2D eigenvalue weighted by Gasteiger charge is 2.21. The molecule has 1 aromatic carbocycles. The Bertz CT molecular complexity index is 785. The number of hydrogen-bond acceptors (Lipinski definition) is 4. The SMILES string of the molecule is CCOC(=O)c1cn(C(C)CO)c2c(F)c(F)ccc2c1=O. The van der Waals surface area contributed by atoms with E-state index in [0.29, 0.717) is 0 Å². The molecule has 22 heavy (non-hydrogen) atoms. The molecule has 1 aromatic heterocycles. The summed E-state index contributed by atoms with van der Waals surface area (Å²) in [5, 5.41) is 9.13. The topological polar surface area (TPSA) is 68.5 Å². The highest BCUT2D eigenvalue weighted by atomic mass is 19.2. The van der Waals surface area contributed by atoms with E-state index < -0.39 is 29.1 Å². The Balaban J connectivity index is 2.88. The zero-order chi connectivity index (χ0) is 16.4. The van der Waals surface area contributed by atoms with E-state index in [1.807, 2.05) is 0 Å². The number of aliphatic hydroxyl groups excluding tert-OH is 1. The van der Waals surface area contributed by atoms with E-state index in [9.17, 15) is 23.5 Å². The molecule has 1 atom stereocenters. The third-order valence-corrected chi connectivity index (χ3v) is 3.32. The summed E-state index contributed by atoms with van der Waals surface area (Å²) in [6.07, 6.45) is 1.09. The first-order chi connectivity index (χ1) is 10.4. The van der Waals surface area contributed by atoms with Crippen molar-refractivity contribution in [2.45, 2.75) is 19.9 Å². The summed E-state index contributed by atoms with van der Waals surface area (Å²) in [4.78, 5) is 24.2. The van der Waals surface area contributed by atoms with Crippen molar-refractivity contribution < 1.29 is 23.4 Å². The number of fused-ring (bicyclic) bond motifs is 1. The van der Waals surface area contributed by atoms with Crippen molar-refractivity contribution in [3.8, 4) is 0 Å². The van der Waals surface area contributed by atoms with E-state index >= 15 is 0 Å². The second kappa shape index (κ2) is 6.23. The molecule has 1 N–H and O–H groups in total. The van der Waals surface area contributed by atoms with Crippen LogP contribution in [0, 0.1) is 11.6 Å². The predicted octanol–water partition coefficient (Wildman–Crippen LogP) is 2.01. The minimum Gasteiger partial charge on any atom is -0.462 e. The van der Waals surface area contributed by atoms with Gasteiger partial charge in [-0.3, -0.25) is 4.79 Å². The number of pyridine rings is 1. The molecule has 0 aliphatic rings. The second-order valence-electron chi connectivity index (χ2n) is 4.79. The third kappa shape index (κ3) is 2.59. The second-order valence-corrected chi connectivity index (χ2v) is 4.79. The van der Waals surface area contributed by atoms with Crippen LogP contribution in [0.4, 0.5) is 8.78 Å². The van der Waals surface area contributed by atoms with Gasteiger partial charge in [0.05, 0.1) is 24.8 Å². The zero-order valence-corrected chi connectivity index (χ0v) is 12.1. The van der Waals surface area contributed by atoms with Gasteiger partial charge < -0.3 is 14.4 Å². The van der Waals surface area contributed by atoms with Crippen molar-refractivity contribution in [1.29, 1.82) is 0 Å². The highest BCUT2D eigenvalue weighted by Crippen LogP contribution is 2.22. The van der Waals surface area contributed by atoms with Gasteiger partial charge in [0, 0.05) is 11.6 Å². The lowest BCUT2D eigenvalue weighted by Gasteiger charge is -2.18. The van der Waals surface area contributed by atoms with Crippen molar-refractivity contribution in [3.63, 3.8) is 0 Å². The molecular weight excluding hydrogens is 296 g/mol. The Morgan fingerprint density at radius 3 is 2.68 bits per heavy atom. The van der Waals surface area contributed by atoms with Crippen LogP contribution in [0.2, 0.25) is 0 Å². The van der Waals surface area contributed by atoms with Gasteiger partial charge in [-0.1, -0.05) is 0 Å². The molecule has 0 fully saturated rings. The number of aromatic nitrogens is 1. The third-order valence-electron chi connectivity index (χ3n) is 3.32. The fourth-order valence-electron chi connectivity index (χ4n) is 2.17. The number of nitrogens with zero attached hydrogens (tertiary/aromatic N) is 1. The molecule has 0 amide bonds. The minimum absolute atomic E-state index is 0.0731. The molecule has 2 aromatic rings. The Kier molecular flexibility index (Phi) is 4.56. The summed E-state index contributed by atoms with van der Waals surface area (Å²) >= 11 is 0. The number of esters is 1. The number of carbonyl (C=O) groups excluding carboxylic acids is 1. The molecule has 2 rings (SSSR count). The van der Waals surface area contributed by atoms with Crippen molar-refractivity contribution >= 4 is 16.9 Å². The number of halogens is 2. The quantitative estimate of drug-likeness (QED) is 0.877. The van der Waals surface area contributed by atoms with Gasteiger partial charge in [-0.2, -0.15) is 0 Å². The van der Waals surface area contributed by atoms with Crippen molar-refractivity contribution in [2.75, 3.05) is 13.2 Å². The first-order valence-electron chi connectivity index (χ1n) is 6.73. The molecule has 1 unspecified atom stereocenters. The summed E-state index contributed by atoms with van der Waals surface area (Å²) in [5.74, 6) is -3.17. The van der Waals surface area contributed by atoms with E-state index in [1.54, 1.807) is 13.8 Å². The molecule has 0 aliphatic carbocycles. The number of carbonyl (C=O) groups is 1. The van der Waals surface area contributed by atoms with Crippen LogP contribution >= 0.6 is 0 Å². The monoisotopic (exact) mass is 311 g/mol. The summed E-state index contributed by atoms with van der Waals surface area (Å²) in [7, 11) is 0. The van der Waals surface area contributed by atoms with Crippen LogP contribution in [0.15, 0.2) is 23.1 Å². The van der Waals surface area contributed by atoms with Gasteiger partial charge in [-0.15, -0.1) is 0 Å². The number of aliphatic hydroxyl groups is 1. The Morgan fingerprint density at radius 2 is 2.09 bits per heavy atom. The number of rotatable bonds is 4. The van der Waals surface area contributed by atoms with Gasteiger partial charge in [-0.25, -0.2) is 13.6 Å². The Hall–Kier alpha value is -2.28. The average Bonchev–Trinajstić information content (AvgIpc) is 2.50. The predicted molar refractivity (Wildman–Crippen MR) is 75.9 cm³/mol. The summed E-state index contributed by atoms with van der Waals surface area (Å²) in [6.45, 7) is 2.83. The van der Waals surface area contributed by atoms with Gasteiger partial charge in [0.25, 0.3) is 0 Å². The zero-order valence-electron chi connectivity index (χ0n) is 12.1. The van der Waals surface area contributed by atoms with E-state index in [1.165, 1.54) is 4.57 Å². The lowest BCUT2D eigenvalue weighted by Crippen LogP contribution is -2.23. The molecule has 0 radical (unpaired) electrons. The molecule has 7 heteroatoms. The lowest BCUT2D eigenvalue weighted by atomic mass is 10.1. The van der Waals surface area contributed by atoms with Crippen LogP contribution in [-0.4, -0.2) is 28.9 Å². The molecule has 0 saturated carbocycles. The van der Waals surface area contributed by atoms with Gasteiger partial charge in [0.15, 0.2) is 11.6 Å². The van der Waals surface area contributed by atoms with Crippen molar-refractivity contribution in [1.82, 2.24) is 4.57 Å². The summed E-state index contributed by atoms with van der Waals surface area (Å²) in [5.41, 5.74) is -1.33. The number of hydrogen-bond donors (Lipinski definition) is 1. The van der Waals surface area contributed by atoms with Gasteiger partial charge in [0.1, 0.15) is 5.56 Å². The maximum atomic E-state index is 14.1. The average molecular weight is 311 g/mol. The smallest absolute Gasteiger partial charge is 0.343 e. The molecule has 0 bridgehead atoms. The van der Waals surface area contributed by atoms with Crippen molar-refractivity contribution in [3.05, 3.63) is 45.8 Å². The molecule has 118 valence electrons. The Labute approximate surface area is 124 Å². The van der Waals surface area contributed by atoms with E-state index in [0.717, 1.165) is 18.3 Å². The van der Waals surface area contributed by atoms with Gasteiger partial charge in [-0.05, 0) is 26.0 Å². The van der Waals surface area contributed by atoms with Crippen LogP contribution in [0.5, 0.6) is 0 Å². The normalized spacial score (nSPS) is 12.4. The van der Waals surface area contributed by atoms with E-state index in [2.05, 4.69) is 0 Å². The summed E-state index contributed by atoms with van der Waals surface area (Å²) < 4.78 is 33.5. The fourth-order valence-corrected chi connectivity index (χ4v) is 2.17. The minimum atomic E-state index is -1.20. The summed E-state index contributed by atoms with van der Waals surface area (Å²) in [6, 6.07) is 1.27. The van der Waals surface area contributed by atoms with Crippen LogP contribution < -0.4 is 5.43 Å². The number of benzene rings is 1. The fraction of sp³-hybridized carbons (Fsp3) is 0.333. The maximum Gasteiger partial charge on any atom is 0.343 e. The van der Waals surface area contributed by atoms with Crippen LogP contribution in [0.1, 0.15) is 30.2 Å². The van der Waals surface area contributed by atoms with E-state index in [-0.39, 0.29) is 29.7 Å². The highest BCUT2D eigenvalue weighted by molar-refractivity contribution is 5.94. The van der Waals surface area contributed by atoms with Gasteiger partial charge in [0.2, 0.25) is 5.43 Å². The number of ether oxygens (including phenoxy) is 1. The van der Waals surface area contributed by atoms with Crippen LogP contribution in [-0.2, 0) is 4.74 Å². The molecule has 0 aliphatic heterocycles. The van der Waals surface area contributed by atoms with Crippen LogP contribution in [0.25, 0.3) is 10.9 Å². The molecule has 0 saturated heterocycles. The molecule has 1 heterocycles. The first kappa shape index (κ1) is 16.1. The van der Waals surface area contributed by atoms with E-state index in [4.69, 9.17) is 4.74 Å². The first-order valence-corrected chi connectivity index (χ1v) is 6.73. The van der Waals surface area contributed by atoms with Crippen molar-refractivity contribution in [2.24, 2.45) is 0 Å². The van der Waals surface area contributed by atoms with Crippen LogP contribution in [0.3, 0.4) is 0 Å². The molecule has 5 nitrogen and oxygen atoms in total. The van der Waals surface area contributed by atoms with Gasteiger partial charge >= 0.3 is 5.97 Å². The molecular formula is C15H15F2NO4. The largest absolute Gasteiger partial charge is 0.462 e. The Morgan fingerprint density at radius 1 is 1.41 bits per heavy atom. The lowest BCUT2D eigenvalue weighted by molar-refractivity contribution is 0.0523.